The van der Waals surface area contributed by atoms with Crippen molar-refractivity contribution >= 4 is 5.91 Å². The largest absolute Gasteiger partial charge is 0.490 e. The van der Waals surface area contributed by atoms with Gasteiger partial charge in [0.25, 0.3) is 0 Å². The smallest absolute Gasteiger partial charge is 0.240 e. The number of nitrogens with zero attached hydrogens (tertiary/aromatic N) is 1. The lowest BCUT2D eigenvalue weighted by Gasteiger charge is -2.22. The van der Waals surface area contributed by atoms with Crippen LogP contribution in [0.15, 0.2) is 48.7 Å². The summed E-state index contributed by atoms with van der Waals surface area (Å²) in [7, 11) is 0. The van der Waals surface area contributed by atoms with Crippen molar-refractivity contribution in [2.24, 2.45) is 5.73 Å². The Balaban J connectivity index is 1.71. The number of pyridine rings is 1. The van der Waals surface area contributed by atoms with Gasteiger partial charge in [0, 0.05) is 18.8 Å². The molecule has 0 saturated heterocycles. The SMILES string of the molecule is CCCC(C)(N)C(=O)NCc1ccc(OCCOc2ccccc2)nc1. The number of nitrogens with one attached hydrogen (secondary N) is 1. The molecule has 0 radical (unpaired) electrons. The number of hydrogen-bond donors (Lipinski definition) is 2. The highest BCUT2D eigenvalue weighted by molar-refractivity contribution is 5.85. The molecule has 0 aliphatic rings. The zero-order valence-electron chi connectivity index (χ0n) is 15.4. The van der Waals surface area contributed by atoms with Gasteiger partial charge in [-0.15, -0.1) is 0 Å². The Hall–Kier alpha value is -2.60. The van der Waals surface area contributed by atoms with Crippen molar-refractivity contribution in [3.05, 3.63) is 54.2 Å². The molecule has 3 N–H and O–H groups in total. The van der Waals surface area contributed by atoms with E-state index < -0.39 is 5.54 Å². The normalized spacial score (nSPS) is 12.9. The molecule has 0 spiro atoms. The molecule has 1 aromatic carbocycles. The van der Waals surface area contributed by atoms with Gasteiger partial charge >= 0.3 is 0 Å². The van der Waals surface area contributed by atoms with Crippen LogP contribution in [0.4, 0.5) is 0 Å². The fourth-order valence-corrected chi connectivity index (χ4v) is 2.44. The first-order valence-corrected chi connectivity index (χ1v) is 8.84. The van der Waals surface area contributed by atoms with Gasteiger partial charge in [0.05, 0.1) is 5.54 Å². The average molecular weight is 357 g/mol. The predicted molar refractivity (Wildman–Crippen MR) is 101 cm³/mol. The second kappa shape index (κ2) is 9.77. The monoisotopic (exact) mass is 357 g/mol. The number of para-hydroxylation sites is 1. The van der Waals surface area contributed by atoms with E-state index in [0.717, 1.165) is 17.7 Å². The quantitative estimate of drug-likeness (QED) is 0.639. The van der Waals surface area contributed by atoms with Crippen LogP contribution < -0.4 is 20.5 Å². The lowest BCUT2D eigenvalue weighted by Crippen LogP contribution is -2.51. The van der Waals surface area contributed by atoms with E-state index in [0.29, 0.717) is 32.1 Å². The molecular weight excluding hydrogens is 330 g/mol. The highest BCUT2D eigenvalue weighted by Crippen LogP contribution is 2.11. The predicted octanol–water partition coefficient (Wildman–Crippen LogP) is 2.67. The summed E-state index contributed by atoms with van der Waals surface area (Å²) in [6, 6.07) is 13.2. The number of aromatic nitrogens is 1. The first kappa shape index (κ1) is 19.7. The minimum Gasteiger partial charge on any atom is -0.490 e. The zero-order chi connectivity index (χ0) is 18.8. The Morgan fingerprint density at radius 2 is 1.88 bits per heavy atom. The molecule has 6 nitrogen and oxygen atoms in total. The minimum absolute atomic E-state index is 0.155. The van der Waals surface area contributed by atoms with Gasteiger partial charge in [0.2, 0.25) is 11.8 Å². The van der Waals surface area contributed by atoms with Gasteiger partial charge < -0.3 is 20.5 Å². The summed E-state index contributed by atoms with van der Waals surface area (Å²) in [6.45, 7) is 4.99. The Kier molecular flexibility index (Phi) is 7.41. The maximum absolute atomic E-state index is 12.1. The van der Waals surface area contributed by atoms with Crippen LogP contribution in [0.5, 0.6) is 11.6 Å². The van der Waals surface area contributed by atoms with Gasteiger partial charge in [-0.25, -0.2) is 4.98 Å². The van der Waals surface area contributed by atoms with Crippen LogP contribution >= 0.6 is 0 Å². The molecular formula is C20H27N3O3. The average Bonchev–Trinajstić information content (AvgIpc) is 2.65. The topological polar surface area (TPSA) is 86.5 Å². The molecule has 2 rings (SSSR count). The standard InChI is InChI=1S/C20H27N3O3/c1-3-11-20(2,21)19(24)23-15-16-9-10-18(22-14-16)26-13-12-25-17-7-5-4-6-8-17/h4-10,14H,3,11-13,15,21H2,1-2H3,(H,23,24). The third-order valence-electron chi connectivity index (χ3n) is 3.88. The van der Waals surface area contributed by atoms with Crippen LogP contribution in [0.3, 0.4) is 0 Å². The fourth-order valence-electron chi connectivity index (χ4n) is 2.44. The van der Waals surface area contributed by atoms with E-state index in [1.54, 1.807) is 19.2 Å². The van der Waals surface area contributed by atoms with Crippen molar-refractivity contribution in [1.29, 1.82) is 0 Å². The molecule has 1 heterocycles. The summed E-state index contributed by atoms with van der Waals surface area (Å²) < 4.78 is 11.1. The maximum Gasteiger partial charge on any atom is 0.240 e. The van der Waals surface area contributed by atoms with Crippen molar-refractivity contribution in [2.75, 3.05) is 13.2 Å². The van der Waals surface area contributed by atoms with E-state index in [-0.39, 0.29) is 5.91 Å². The summed E-state index contributed by atoms with van der Waals surface area (Å²) >= 11 is 0. The second-order valence-electron chi connectivity index (χ2n) is 6.36. The molecule has 1 unspecified atom stereocenters. The number of carbonyl (C=O) groups is 1. The van der Waals surface area contributed by atoms with Gasteiger partial charge in [-0.05, 0) is 31.0 Å². The summed E-state index contributed by atoms with van der Waals surface area (Å²) in [5.41, 5.74) is 6.05. The number of hydrogen-bond acceptors (Lipinski definition) is 5. The Morgan fingerprint density at radius 1 is 1.15 bits per heavy atom. The molecule has 2 aromatic rings. The lowest BCUT2D eigenvalue weighted by molar-refractivity contribution is -0.126. The number of nitrogens with two attached hydrogens (primary N) is 1. The van der Waals surface area contributed by atoms with Crippen molar-refractivity contribution in [1.82, 2.24) is 10.3 Å². The van der Waals surface area contributed by atoms with Crippen LogP contribution in [-0.4, -0.2) is 29.6 Å². The lowest BCUT2D eigenvalue weighted by atomic mass is 9.96. The molecule has 0 saturated carbocycles. The van der Waals surface area contributed by atoms with E-state index in [2.05, 4.69) is 10.3 Å². The first-order chi connectivity index (χ1) is 12.5. The molecule has 1 aromatic heterocycles. The highest BCUT2D eigenvalue weighted by atomic mass is 16.5. The summed E-state index contributed by atoms with van der Waals surface area (Å²) in [5.74, 6) is 1.18. The fraction of sp³-hybridized carbons (Fsp3) is 0.400. The molecule has 0 bridgehead atoms. The van der Waals surface area contributed by atoms with E-state index in [1.807, 2.05) is 43.3 Å². The number of benzene rings is 1. The van der Waals surface area contributed by atoms with Crippen LogP contribution in [0.1, 0.15) is 32.3 Å². The van der Waals surface area contributed by atoms with Crippen molar-refractivity contribution in [2.45, 2.75) is 38.8 Å². The molecule has 0 fully saturated rings. The van der Waals surface area contributed by atoms with E-state index in [4.69, 9.17) is 15.2 Å². The van der Waals surface area contributed by atoms with E-state index >= 15 is 0 Å². The molecule has 1 amide bonds. The van der Waals surface area contributed by atoms with Crippen LogP contribution in [0.25, 0.3) is 0 Å². The number of amides is 1. The maximum atomic E-state index is 12.1. The molecule has 0 aliphatic heterocycles. The molecule has 140 valence electrons. The Labute approximate surface area is 154 Å². The Bertz CT molecular complexity index is 672. The Morgan fingerprint density at radius 3 is 2.54 bits per heavy atom. The zero-order valence-corrected chi connectivity index (χ0v) is 15.4. The summed E-state index contributed by atoms with van der Waals surface area (Å²) in [6.07, 6.45) is 3.19. The molecule has 1 atom stereocenters. The van der Waals surface area contributed by atoms with Gasteiger partial charge in [-0.3, -0.25) is 4.79 Å². The van der Waals surface area contributed by atoms with Crippen molar-refractivity contribution < 1.29 is 14.3 Å². The summed E-state index contributed by atoms with van der Waals surface area (Å²) in [5, 5.41) is 2.85. The molecule has 26 heavy (non-hydrogen) atoms. The van der Waals surface area contributed by atoms with Crippen molar-refractivity contribution in [3.63, 3.8) is 0 Å². The molecule has 0 aliphatic carbocycles. The third-order valence-corrected chi connectivity index (χ3v) is 3.88. The number of carbonyl (C=O) groups excluding carboxylic acids is 1. The number of rotatable bonds is 10. The summed E-state index contributed by atoms with van der Waals surface area (Å²) in [4.78, 5) is 16.3. The first-order valence-electron chi connectivity index (χ1n) is 8.84. The highest BCUT2D eigenvalue weighted by Gasteiger charge is 2.26. The van der Waals surface area contributed by atoms with Gasteiger partial charge in [0.1, 0.15) is 19.0 Å². The van der Waals surface area contributed by atoms with E-state index in [1.165, 1.54) is 0 Å². The van der Waals surface area contributed by atoms with Gasteiger partial charge in [-0.1, -0.05) is 37.6 Å². The van der Waals surface area contributed by atoms with Crippen molar-refractivity contribution in [3.8, 4) is 11.6 Å². The minimum atomic E-state index is -0.843. The van der Waals surface area contributed by atoms with Gasteiger partial charge in [0.15, 0.2) is 0 Å². The van der Waals surface area contributed by atoms with Gasteiger partial charge in [-0.2, -0.15) is 0 Å². The van der Waals surface area contributed by atoms with E-state index in [9.17, 15) is 4.79 Å². The van der Waals surface area contributed by atoms with Crippen LogP contribution in [0.2, 0.25) is 0 Å². The van der Waals surface area contributed by atoms with Crippen LogP contribution in [-0.2, 0) is 11.3 Å². The van der Waals surface area contributed by atoms with Crippen LogP contribution in [0, 0.1) is 0 Å². The molecule has 6 heteroatoms. The third kappa shape index (κ3) is 6.37. The second-order valence-corrected chi connectivity index (χ2v) is 6.36. The number of ether oxygens (including phenoxy) is 2.